The van der Waals surface area contributed by atoms with Gasteiger partial charge in [0.05, 0.1) is 15.2 Å². The van der Waals surface area contributed by atoms with Crippen LogP contribution >= 0.6 is 27.3 Å². The Balaban J connectivity index is 2.18. The molecule has 1 atom stereocenters. The molecule has 1 unspecified atom stereocenters. The van der Waals surface area contributed by atoms with Crippen LogP contribution < -0.4 is 0 Å². The third-order valence-electron chi connectivity index (χ3n) is 2.95. The molecule has 0 bridgehead atoms. The minimum Gasteiger partial charge on any atom is -0.386 e. The Morgan fingerprint density at radius 2 is 2.10 bits per heavy atom. The Labute approximate surface area is 130 Å². The maximum Gasteiger partial charge on any atom is 0.137 e. The first-order valence-electron chi connectivity index (χ1n) is 6.36. The summed E-state index contributed by atoms with van der Waals surface area (Å²) in [5, 5.41) is 13.1. The van der Waals surface area contributed by atoms with E-state index in [4.69, 9.17) is 0 Å². The fourth-order valence-electron chi connectivity index (χ4n) is 1.80. The number of aliphatic hydroxyl groups is 1. The fourth-order valence-corrected chi connectivity index (χ4v) is 3.18. The van der Waals surface area contributed by atoms with E-state index in [0.29, 0.717) is 16.6 Å². The number of nitrogens with zero attached hydrogens (tertiary/aromatic N) is 1. The third-order valence-corrected chi connectivity index (χ3v) is 5.12. The minimum absolute atomic E-state index is 0.0257. The average molecular weight is 358 g/mol. The van der Waals surface area contributed by atoms with Crippen molar-refractivity contribution >= 4 is 27.3 Å². The lowest BCUT2D eigenvalue weighted by molar-refractivity contribution is 0.173. The second-order valence-electron chi connectivity index (χ2n) is 5.76. The molecule has 108 valence electrons. The molecule has 1 aromatic heterocycles. The van der Waals surface area contributed by atoms with Crippen LogP contribution in [0.5, 0.6) is 0 Å². The molecule has 1 aromatic carbocycles. The van der Waals surface area contributed by atoms with Crippen molar-refractivity contribution in [2.45, 2.75) is 38.7 Å². The zero-order valence-electron chi connectivity index (χ0n) is 11.7. The molecule has 0 spiro atoms. The number of halogens is 2. The maximum absolute atomic E-state index is 13.5. The van der Waals surface area contributed by atoms with Crippen LogP contribution in [0.1, 0.15) is 43.1 Å². The molecule has 0 aliphatic rings. The van der Waals surface area contributed by atoms with Crippen molar-refractivity contribution in [3.8, 4) is 0 Å². The molecule has 2 rings (SSSR count). The predicted molar refractivity (Wildman–Crippen MR) is 83.6 cm³/mol. The highest BCUT2D eigenvalue weighted by molar-refractivity contribution is 9.10. The van der Waals surface area contributed by atoms with E-state index in [1.807, 2.05) is 5.38 Å². The zero-order chi connectivity index (χ0) is 14.9. The van der Waals surface area contributed by atoms with Gasteiger partial charge in [0, 0.05) is 17.2 Å². The van der Waals surface area contributed by atoms with Gasteiger partial charge >= 0.3 is 0 Å². The van der Waals surface area contributed by atoms with E-state index in [9.17, 15) is 9.50 Å². The van der Waals surface area contributed by atoms with E-state index < -0.39 is 6.10 Å². The van der Waals surface area contributed by atoms with E-state index in [1.165, 1.54) is 6.07 Å². The molecule has 1 N–H and O–H groups in total. The smallest absolute Gasteiger partial charge is 0.137 e. The molecular formula is C15H17BrFNOS. The highest BCUT2D eigenvalue weighted by Crippen LogP contribution is 2.30. The Kier molecular flexibility index (Phi) is 4.62. The van der Waals surface area contributed by atoms with Gasteiger partial charge in [0.15, 0.2) is 0 Å². The Bertz CT molecular complexity index is 606. The van der Waals surface area contributed by atoms with E-state index in [-0.39, 0.29) is 11.2 Å². The Morgan fingerprint density at radius 3 is 2.70 bits per heavy atom. The zero-order valence-corrected chi connectivity index (χ0v) is 14.1. The Morgan fingerprint density at radius 1 is 1.40 bits per heavy atom. The van der Waals surface area contributed by atoms with Crippen LogP contribution in [0.4, 0.5) is 4.39 Å². The summed E-state index contributed by atoms with van der Waals surface area (Å²) in [7, 11) is 0. The summed E-state index contributed by atoms with van der Waals surface area (Å²) in [5.41, 5.74) is 1.36. The first kappa shape index (κ1) is 15.6. The lowest BCUT2D eigenvalue weighted by Gasteiger charge is -2.14. The van der Waals surface area contributed by atoms with Crippen molar-refractivity contribution in [2.75, 3.05) is 0 Å². The molecule has 0 aliphatic carbocycles. The number of hydrogen-bond acceptors (Lipinski definition) is 3. The summed E-state index contributed by atoms with van der Waals surface area (Å²) in [6, 6.07) is 4.83. The standard InChI is InChI=1S/C15H17BrFNOS/c1-15(2,3)14-18-11(8-20-14)12(19)7-9-5-4-6-10(17)13(9)16/h4-6,8,12,19H,7H2,1-3H3. The van der Waals surface area contributed by atoms with Crippen LogP contribution in [-0.2, 0) is 11.8 Å². The maximum atomic E-state index is 13.5. The molecule has 5 heteroatoms. The number of hydrogen-bond donors (Lipinski definition) is 1. The van der Waals surface area contributed by atoms with Gasteiger partial charge in [-0.25, -0.2) is 9.37 Å². The lowest BCUT2D eigenvalue weighted by Crippen LogP contribution is -2.11. The van der Waals surface area contributed by atoms with Crippen molar-refractivity contribution < 1.29 is 9.50 Å². The number of rotatable bonds is 3. The molecule has 0 amide bonds. The predicted octanol–water partition coefficient (Wildman–Crippen LogP) is 4.62. The van der Waals surface area contributed by atoms with Crippen LogP contribution in [0.2, 0.25) is 0 Å². The molecule has 0 aliphatic heterocycles. The van der Waals surface area contributed by atoms with Gasteiger partial charge in [-0.2, -0.15) is 0 Å². The van der Waals surface area contributed by atoms with Crippen LogP contribution in [0.3, 0.4) is 0 Å². The average Bonchev–Trinajstić information content (AvgIpc) is 2.84. The summed E-state index contributed by atoms with van der Waals surface area (Å²) in [6.45, 7) is 6.27. The number of thiazole rings is 1. The first-order chi connectivity index (χ1) is 9.29. The highest BCUT2D eigenvalue weighted by atomic mass is 79.9. The summed E-state index contributed by atoms with van der Waals surface area (Å²) in [6.07, 6.45) is -0.383. The van der Waals surface area contributed by atoms with Crippen LogP contribution in [-0.4, -0.2) is 10.1 Å². The lowest BCUT2D eigenvalue weighted by atomic mass is 9.98. The van der Waals surface area contributed by atoms with Crippen molar-refractivity contribution in [1.82, 2.24) is 4.98 Å². The quantitative estimate of drug-likeness (QED) is 0.869. The van der Waals surface area contributed by atoms with Gasteiger partial charge in [0.1, 0.15) is 11.9 Å². The van der Waals surface area contributed by atoms with Gasteiger partial charge in [-0.05, 0) is 27.6 Å². The normalized spacial score (nSPS) is 13.5. The summed E-state index contributed by atoms with van der Waals surface area (Å²) >= 11 is 4.76. The SMILES string of the molecule is CC(C)(C)c1nc(C(O)Cc2cccc(F)c2Br)cs1. The minimum atomic E-state index is -0.722. The van der Waals surface area contributed by atoms with Crippen LogP contribution in [0.25, 0.3) is 0 Å². The summed E-state index contributed by atoms with van der Waals surface area (Å²) in [4.78, 5) is 4.49. The monoisotopic (exact) mass is 357 g/mol. The molecule has 2 aromatic rings. The van der Waals surface area contributed by atoms with Crippen molar-refractivity contribution in [1.29, 1.82) is 0 Å². The van der Waals surface area contributed by atoms with Gasteiger partial charge in [0.2, 0.25) is 0 Å². The molecule has 2 nitrogen and oxygen atoms in total. The molecule has 0 saturated carbocycles. The molecule has 0 saturated heterocycles. The van der Waals surface area contributed by atoms with Crippen LogP contribution in [0, 0.1) is 5.82 Å². The highest BCUT2D eigenvalue weighted by Gasteiger charge is 2.21. The molecule has 20 heavy (non-hydrogen) atoms. The van der Waals surface area contributed by atoms with Gasteiger partial charge in [-0.1, -0.05) is 32.9 Å². The van der Waals surface area contributed by atoms with Gasteiger partial charge < -0.3 is 5.11 Å². The van der Waals surface area contributed by atoms with Crippen molar-refractivity contribution in [2.24, 2.45) is 0 Å². The summed E-state index contributed by atoms with van der Waals surface area (Å²) in [5.74, 6) is -0.316. The van der Waals surface area contributed by atoms with Crippen molar-refractivity contribution in [3.05, 3.63) is 50.1 Å². The molecular weight excluding hydrogens is 341 g/mol. The molecule has 1 heterocycles. The van der Waals surface area contributed by atoms with Gasteiger partial charge in [-0.15, -0.1) is 11.3 Å². The second kappa shape index (κ2) is 5.92. The number of aliphatic hydroxyl groups excluding tert-OH is 1. The van der Waals surface area contributed by atoms with Gasteiger partial charge in [-0.3, -0.25) is 0 Å². The van der Waals surface area contributed by atoms with Gasteiger partial charge in [0.25, 0.3) is 0 Å². The fraction of sp³-hybridized carbons (Fsp3) is 0.400. The first-order valence-corrected chi connectivity index (χ1v) is 8.03. The number of aromatic nitrogens is 1. The third kappa shape index (κ3) is 3.45. The Hall–Kier alpha value is -0.780. The number of benzene rings is 1. The largest absolute Gasteiger partial charge is 0.386 e. The van der Waals surface area contributed by atoms with E-state index >= 15 is 0 Å². The van der Waals surface area contributed by atoms with Crippen LogP contribution in [0.15, 0.2) is 28.1 Å². The topological polar surface area (TPSA) is 33.1 Å². The van der Waals surface area contributed by atoms with E-state index in [0.717, 1.165) is 10.6 Å². The second-order valence-corrected chi connectivity index (χ2v) is 7.41. The molecule has 0 radical (unpaired) electrons. The summed E-state index contributed by atoms with van der Waals surface area (Å²) < 4.78 is 13.9. The van der Waals surface area contributed by atoms with Crippen molar-refractivity contribution in [3.63, 3.8) is 0 Å². The van der Waals surface area contributed by atoms with E-state index in [1.54, 1.807) is 23.5 Å². The molecule has 0 fully saturated rings. The van der Waals surface area contributed by atoms with E-state index in [2.05, 4.69) is 41.7 Å².